The van der Waals surface area contributed by atoms with E-state index >= 15 is 0 Å². The predicted molar refractivity (Wildman–Crippen MR) is 88.5 cm³/mol. The van der Waals surface area contributed by atoms with Gasteiger partial charge in [0.2, 0.25) is 0 Å². The monoisotopic (exact) mass is 310 g/mol. The van der Waals surface area contributed by atoms with Crippen molar-refractivity contribution < 1.29 is 14.6 Å². The highest BCUT2D eigenvalue weighted by Crippen LogP contribution is 2.34. The number of ether oxygens (including phenoxy) is 1. The second kappa shape index (κ2) is 8.90. The molecule has 2 aliphatic rings. The van der Waals surface area contributed by atoms with Crippen LogP contribution in [0.15, 0.2) is 0 Å². The highest BCUT2D eigenvalue weighted by molar-refractivity contribution is 5.72. The van der Waals surface area contributed by atoms with Gasteiger partial charge in [-0.15, -0.1) is 0 Å². The molecule has 128 valence electrons. The third-order valence-corrected chi connectivity index (χ3v) is 5.85. The van der Waals surface area contributed by atoms with Gasteiger partial charge in [-0.25, -0.2) is 0 Å². The van der Waals surface area contributed by atoms with E-state index in [1.807, 2.05) is 6.92 Å². The van der Waals surface area contributed by atoms with Crippen LogP contribution >= 0.6 is 0 Å². The van der Waals surface area contributed by atoms with Gasteiger partial charge in [-0.05, 0) is 38.0 Å². The van der Waals surface area contributed by atoms with Crippen molar-refractivity contribution in [1.82, 2.24) is 0 Å². The van der Waals surface area contributed by atoms with Gasteiger partial charge in [0.25, 0.3) is 0 Å². The molecule has 2 aliphatic carbocycles. The summed E-state index contributed by atoms with van der Waals surface area (Å²) in [6, 6.07) is 0. The molecule has 2 saturated carbocycles. The lowest BCUT2D eigenvalue weighted by Crippen LogP contribution is -2.40. The van der Waals surface area contributed by atoms with Crippen molar-refractivity contribution >= 4 is 5.97 Å². The Morgan fingerprint density at radius 2 is 1.59 bits per heavy atom. The Bertz CT molecular complexity index is 328. The van der Waals surface area contributed by atoms with Crippen molar-refractivity contribution in [2.24, 2.45) is 17.8 Å². The van der Waals surface area contributed by atoms with Crippen LogP contribution in [0.25, 0.3) is 0 Å². The molecule has 2 rings (SSSR count). The normalized spacial score (nSPS) is 25.4. The van der Waals surface area contributed by atoms with Gasteiger partial charge in [0.15, 0.2) is 0 Å². The Balaban J connectivity index is 2.00. The second-order valence-electron chi connectivity index (χ2n) is 7.47. The fourth-order valence-corrected chi connectivity index (χ4v) is 4.25. The van der Waals surface area contributed by atoms with Crippen molar-refractivity contribution in [2.75, 3.05) is 0 Å². The first kappa shape index (κ1) is 17.8. The van der Waals surface area contributed by atoms with Gasteiger partial charge in [0.05, 0.1) is 12.0 Å². The number of hydrogen-bond donors (Lipinski definition) is 1. The maximum absolute atomic E-state index is 12.6. The van der Waals surface area contributed by atoms with E-state index in [1.165, 1.54) is 25.7 Å². The molecule has 0 aromatic carbocycles. The molecule has 3 nitrogen and oxygen atoms in total. The standard InChI is InChI=1S/C19H34O3/c1-3-17(20)14(2)18(15-10-6-4-7-11-15)22-19(21)16-12-8-5-9-13-16/h14-18,20H,3-13H2,1-2H3/t14-,17-,18+/m0/s1. The molecule has 3 heteroatoms. The summed E-state index contributed by atoms with van der Waals surface area (Å²) < 4.78 is 6.02. The molecular weight excluding hydrogens is 276 g/mol. The Labute approximate surface area is 135 Å². The molecule has 0 unspecified atom stereocenters. The fraction of sp³-hybridized carbons (Fsp3) is 0.947. The van der Waals surface area contributed by atoms with Crippen LogP contribution in [0.3, 0.4) is 0 Å². The lowest BCUT2D eigenvalue weighted by molar-refractivity contribution is -0.165. The van der Waals surface area contributed by atoms with E-state index in [2.05, 4.69) is 6.92 Å². The third kappa shape index (κ3) is 4.71. The van der Waals surface area contributed by atoms with E-state index in [4.69, 9.17) is 4.74 Å². The number of esters is 1. The second-order valence-corrected chi connectivity index (χ2v) is 7.47. The predicted octanol–water partition coefficient (Wildman–Crippen LogP) is 4.47. The lowest BCUT2D eigenvalue weighted by Gasteiger charge is -2.36. The topological polar surface area (TPSA) is 46.5 Å². The van der Waals surface area contributed by atoms with E-state index in [-0.39, 0.29) is 30.0 Å². The zero-order valence-corrected chi connectivity index (χ0v) is 14.4. The van der Waals surface area contributed by atoms with Crippen LogP contribution < -0.4 is 0 Å². The average Bonchev–Trinajstić information content (AvgIpc) is 2.59. The number of aliphatic hydroxyl groups excluding tert-OH is 1. The van der Waals surface area contributed by atoms with Crippen molar-refractivity contribution in [3.63, 3.8) is 0 Å². The summed E-state index contributed by atoms with van der Waals surface area (Å²) in [6.45, 7) is 4.06. The maximum atomic E-state index is 12.6. The SMILES string of the molecule is CC[C@H](O)[C@H](C)[C@@H](OC(=O)C1CCCCC1)C1CCCCC1. The molecule has 0 radical (unpaired) electrons. The van der Waals surface area contributed by atoms with Gasteiger partial charge in [0, 0.05) is 5.92 Å². The first-order valence-electron chi connectivity index (χ1n) is 9.52. The van der Waals surface area contributed by atoms with Crippen LogP contribution in [0.2, 0.25) is 0 Å². The zero-order chi connectivity index (χ0) is 15.9. The van der Waals surface area contributed by atoms with Crippen LogP contribution in [0.5, 0.6) is 0 Å². The summed E-state index contributed by atoms with van der Waals surface area (Å²) in [7, 11) is 0. The third-order valence-electron chi connectivity index (χ3n) is 5.85. The number of hydrogen-bond acceptors (Lipinski definition) is 3. The van der Waals surface area contributed by atoms with E-state index in [0.29, 0.717) is 5.92 Å². The molecule has 0 bridgehead atoms. The molecule has 2 fully saturated rings. The highest BCUT2D eigenvalue weighted by atomic mass is 16.5. The largest absolute Gasteiger partial charge is 0.461 e. The molecule has 0 aliphatic heterocycles. The summed E-state index contributed by atoms with van der Waals surface area (Å²) >= 11 is 0. The lowest BCUT2D eigenvalue weighted by atomic mass is 9.78. The summed E-state index contributed by atoms with van der Waals surface area (Å²) in [5.74, 6) is 0.592. The quantitative estimate of drug-likeness (QED) is 0.736. The van der Waals surface area contributed by atoms with Gasteiger partial charge in [-0.2, -0.15) is 0 Å². The molecule has 0 saturated heterocycles. The summed E-state index contributed by atoms with van der Waals surface area (Å²) in [4.78, 5) is 12.6. The Morgan fingerprint density at radius 3 is 2.14 bits per heavy atom. The minimum atomic E-state index is -0.369. The summed E-state index contributed by atoms with van der Waals surface area (Å²) in [5, 5.41) is 10.3. The number of carbonyl (C=O) groups excluding carboxylic acids is 1. The minimum absolute atomic E-state index is 0.00502. The van der Waals surface area contributed by atoms with Gasteiger partial charge in [0.1, 0.15) is 6.10 Å². The van der Waals surface area contributed by atoms with Crippen LogP contribution in [0.4, 0.5) is 0 Å². The van der Waals surface area contributed by atoms with Crippen LogP contribution in [0.1, 0.15) is 84.5 Å². The van der Waals surface area contributed by atoms with Crippen LogP contribution in [-0.4, -0.2) is 23.3 Å². The molecule has 22 heavy (non-hydrogen) atoms. The molecule has 0 aromatic rings. The zero-order valence-electron chi connectivity index (χ0n) is 14.4. The van der Waals surface area contributed by atoms with E-state index in [1.54, 1.807) is 0 Å². The highest BCUT2D eigenvalue weighted by Gasteiger charge is 2.36. The van der Waals surface area contributed by atoms with Gasteiger partial charge in [-0.3, -0.25) is 4.79 Å². The first-order chi connectivity index (χ1) is 10.6. The summed E-state index contributed by atoms with van der Waals surface area (Å²) in [6.07, 6.45) is 11.8. The molecule has 0 heterocycles. The Morgan fingerprint density at radius 1 is 1.05 bits per heavy atom. The van der Waals surface area contributed by atoms with Crippen molar-refractivity contribution in [2.45, 2.75) is 96.7 Å². The molecule has 0 aromatic heterocycles. The fourth-order valence-electron chi connectivity index (χ4n) is 4.25. The Kier molecular flexibility index (Phi) is 7.20. The number of aliphatic hydroxyl groups is 1. The minimum Gasteiger partial charge on any atom is -0.461 e. The number of rotatable bonds is 6. The van der Waals surface area contributed by atoms with Gasteiger partial charge in [-0.1, -0.05) is 52.4 Å². The van der Waals surface area contributed by atoms with Crippen molar-refractivity contribution in [1.29, 1.82) is 0 Å². The molecule has 3 atom stereocenters. The average molecular weight is 310 g/mol. The smallest absolute Gasteiger partial charge is 0.309 e. The van der Waals surface area contributed by atoms with Gasteiger partial charge < -0.3 is 9.84 Å². The molecule has 0 spiro atoms. The van der Waals surface area contributed by atoms with Gasteiger partial charge >= 0.3 is 5.97 Å². The Hall–Kier alpha value is -0.570. The molecular formula is C19H34O3. The number of carbonyl (C=O) groups is 1. The van der Waals surface area contributed by atoms with Crippen molar-refractivity contribution in [3.8, 4) is 0 Å². The van der Waals surface area contributed by atoms with E-state index in [0.717, 1.165) is 44.9 Å². The maximum Gasteiger partial charge on any atom is 0.309 e. The molecule has 0 amide bonds. The molecule has 1 N–H and O–H groups in total. The first-order valence-corrected chi connectivity index (χ1v) is 9.52. The van der Waals surface area contributed by atoms with Crippen LogP contribution in [-0.2, 0) is 9.53 Å². The van der Waals surface area contributed by atoms with E-state index < -0.39 is 0 Å². The van der Waals surface area contributed by atoms with Crippen LogP contribution in [0, 0.1) is 17.8 Å². The van der Waals surface area contributed by atoms with E-state index in [9.17, 15) is 9.90 Å². The summed E-state index contributed by atoms with van der Waals surface area (Å²) in [5.41, 5.74) is 0. The van der Waals surface area contributed by atoms with Crippen molar-refractivity contribution in [3.05, 3.63) is 0 Å².